The summed E-state index contributed by atoms with van der Waals surface area (Å²) in [6.45, 7) is 1.69. The van der Waals surface area contributed by atoms with Crippen LogP contribution in [-0.4, -0.2) is 34.2 Å². The second-order valence-electron chi connectivity index (χ2n) is 4.87. The molecule has 0 aromatic carbocycles. The zero-order chi connectivity index (χ0) is 16.0. The molecule has 0 saturated carbocycles. The number of halogens is 1. The van der Waals surface area contributed by atoms with Gasteiger partial charge < -0.3 is 0 Å². The van der Waals surface area contributed by atoms with E-state index in [0.29, 0.717) is 22.4 Å². The van der Waals surface area contributed by atoms with E-state index in [4.69, 9.17) is 0 Å². The van der Waals surface area contributed by atoms with E-state index in [2.05, 4.69) is 30.5 Å². The first-order valence-electron chi connectivity index (χ1n) is 6.67. The van der Waals surface area contributed by atoms with Gasteiger partial charge in [0.25, 0.3) is 16.9 Å². The fourth-order valence-electron chi connectivity index (χ4n) is 2.30. The van der Waals surface area contributed by atoms with Crippen molar-refractivity contribution in [2.45, 2.75) is 6.92 Å². The zero-order valence-electron chi connectivity index (χ0n) is 12.3. The molecule has 0 atom stereocenters. The van der Waals surface area contributed by atoms with Crippen LogP contribution in [0.1, 0.15) is 5.69 Å². The van der Waals surface area contributed by atoms with Crippen LogP contribution in [0.2, 0.25) is 0 Å². The van der Waals surface area contributed by atoms with Gasteiger partial charge in [-0.3, -0.25) is 20.0 Å². The third-order valence-corrected chi connectivity index (χ3v) is 3.27. The first-order valence-corrected chi connectivity index (χ1v) is 6.67. The van der Waals surface area contributed by atoms with Crippen molar-refractivity contribution in [1.29, 1.82) is 0 Å². The zero-order valence-corrected chi connectivity index (χ0v) is 13.1. The first kappa shape index (κ1) is 15.6. The molecular weight excluding hydrogens is 336 g/mol. The molecule has 4 aromatic heterocycles. The standard InChI is InChI=1S/C13H10N8O2.ClH/c1-7-4-10(22)18-12(17-7)19-20-3-2-9-8(11(20)23)5-14-13-15-6-16-21(9)13;/h2-6H,1H3,(H2,17,18,19,22);1H. The normalized spacial score (nSPS) is 10.7. The molecule has 4 rings (SSSR count). The molecule has 0 unspecified atom stereocenters. The third kappa shape index (κ3) is 2.48. The Balaban J connectivity index is 0.00000169. The lowest BCUT2D eigenvalue weighted by molar-refractivity contribution is 0.866. The SMILES string of the molecule is Cc1cc(=O)[nH]c(Nn2ccc3c(cnc4ncnn43)c2=O)n1.Cl. The molecule has 0 aliphatic heterocycles. The van der Waals surface area contributed by atoms with Gasteiger partial charge in [-0.1, -0.05) is 0 Å². The number of fused-ring (bicyclic) bond motifs is 3. The number of aromatic amines is 1. The van der Waals surface area contributed by atoms with Crippen LogP contribution >= 0.6 is 12.4 Å². The van der Waals surface area contributed by atoms with Gasteiger partial charge in [-0.25, -0.2) is 14.6 Å². The van der Waals surface area contributed by atoms with Gasteiger partial charge in [-0.2, -0.15) is 14.6 Å². The number of nitrogens with zero attached hydrogens (tertiary/aromatic N) is 6. The fourth-order valence-corrected chi connectivity index (χ4v) is 2.30. The van der Waals surface area contributed by atoms with Crippen LogP contribution in [0.5, 0.6) is 0 Å². The van der Waals surface area contributed by atoms with Crippen molar-refractivity contribution in [2.24, 2.45) is 0 Å². The van der Waals surface area contributed by atoms with Crippen molar-refractivity contribution in [1.82, 2.24) is 34.2 Å². The van der Waals surface area contributed by atoms with Crippen molar-refractivity contribution < 1.29 is 0 Å². The Morgan fingerprint density at radius 2 is 2.08 bits per heavy atom. The minimum atomic E-state index is -0.350. The molecule has 0 spiro atoms. The Labute approximate surface area is 139 Å². The minimum Gasteiger partial charge on any atom is -0.291 e. The summed E-state index contributed by atoms with van der Waals surface area (Å²) in [5, 5.41) is 4.39. The summed E-state index contributed by atoms with van der Waals surface area (Å²) >= 11 is 0. The van der Waals surface area contributed by atoms with Gasteiger partial charge in [0, 0.05) is 24.2 Å². The summed E-state index contributed by atoms with van der Waals surface area (Å²) in [7, 11) is 0. The number of aryl methyl sites for hydroxylation is 1. The van der Waals surface area contributed by atoms with Crippen LogP contribution in [-0.2, 0) is 0 Å². The second-order valence-corrected chi connectivity index (χ2v) is 4.87. The number of rotatable bonds is 2. The van der Waals surface area contributed by atoms with E-state index in [1.165, 1.54) is 34.0 Å². The molecule has 4 aromatic rings. The number of H-pyrrole nitrogens is 1. The predicted molar refractivity (Wildman–Crippen MR) is 88.4 cm³/mol. The highest BCUT2D eigenvalue weighted by Gasteiger charge is 2.09. The van der Waals surface area contributed by atoms with E-state index >= 15 is 0 Å². The van der Waals surface area contributed by atoms with Crippen molar-refractivity contribution in [3.05, 3.63) is 57.3 Å². The number of aromatic nitrogens is 7. The lowest BCUT2D eigenvalue weighted by Gasteiger charge is -2.09. The van der Waals surface area contributed by atoms with Gasteiger partial charge in [-0.15, -0.1) is 12.4 Å². The third-order valence-electron chi connectivity index (χ3n) is 3.27. The fraction of sp³-hybridized carbons (Fsp3) is 0.0769. The highest BCUT2D eigenvalue weighted by atomic mass is 35.5. The molecule has 10 nitrogen and oxygen atoms in total. The molecule has 2 N–H and O–H groups in total. The monoisotopic (exact) mass is 346 g/mol. The second kappa shape index (κ2) is 5.74. The average Bonchev–Trinajstić information content (AvgIpc) is 2.97. The van der Waals surface area contributed by atoms with E-state index in [0.717, 1.165) is 0 Å². The summed E-state index contributed by atoms with van der Waals surface area (Å²) in [4.78, 5) is 38.7. The molecule has 0 saturated heterocycles. The molecular formula is C13H11ClN8O2. The smallest absolute Gasteiger partial charge is 0.280 e. The summed E-state index contributed by atoms with van der Waals surface area (Å²) in [6.07, 6.45) is 4.33. The Morgan fingerprint density at radius 1 is 1.25 bits per heavy atom. The van der Waals surface area contributed by atoms with Gasteiger partial charge in [0.15, 0.2) is 0 Å². The largest absolute Gasteiger partial charge is 0.291 e. The molecule has 11 heteroatoms. The Morgan fingerprint density at radius 3 is 2.88 bits per heavy atom. The van der Waals surface area contributed by atoms with E-state index in [9.17, 15) is 9.59 Å². The van der Waals surface area contributed by atoms with Gasteiger partial charge in [0.2, 0.25) is 5.95 Å². The molecule has 0 aliphatic carbocycles. The van der Waals surface area contributed by atoms with Crippen molar-refractivity contribution >= 4 is 35.0 Å². The lowest BCUT2D eigenvalue weighted by atomic mass is 10.3. The molecule has 0 aliphatic rings. The van der Waals surface area contributed by atoms with Gasteiger partial charge in [-0.05, 0) is 13.0 Å². The molecule has 122 valence electrons. The lowest BCUT2D eigenvalue weighted by Crippen LogP contribution is -2.28. The minimum absolute atomic E-state index is 0. The summed E-state index contributed by atoms with van der Waals surface area (Å²) in [5.74, 6) is 0.582. The van der Waals surface area contributed by atoms with E-state index < -0.39 is 0 Å². The van der Waals surface area contributed by atoms with Gasteiger partial charge in [0.1, 0.15) is 6.33 Å². The highest BCUT2D eigenvalue weighted by molar-refractivity contribution is 5.85. The van der Waals surface area contributed by atoms with Crippen LogP contribution in [0.25, 0.3) is 16.7 Å². The summed E-state index contributed by atoms with van der Waals surface area (Å²) in [6, 6.07) is 3.06. The maximum Gasteiger partial charge on any atom is 0.280 e. The number of nitrogens with one attached hydrogen (secondary N) is 2. The molecule has 0 radical (unpaired) electrons. The average molecular weight is 347 g/mol. The Kier molecular flexibility index (Phi) is 3.73. The number of hydrogen-bond acceptors (Lipinski definition) is 7. The van der Waals surface area contributed by atoms with Crippen molar-refractivity contribution in [3.63, 3.8) is 0 Å². The maximum atomic E-state index is 12.5. The topological polar surface area (TPSA) is 123 Å². The Hall–Kier alpha value is -3.27. The molecule has 24 heavy (non-hydrogen) atoms. The van der Waals surface area contributed by atoms with Gasteiger partial charge >= 0.3 is 0 Å². The van der Waals surface area contributed by atoms with E-state index in [1.807, 2.05) is 0 Å². The van der Waals surface area contributed by atoms with Crippen molar-refractivity contribution in [3.8, 4) is 0 Å². The van der Waals surface area contributed by atoms with Crippen LogP contribution in [0.4, 0.5) is 5.95 Å². The van der Waals surface area contributed by atoms with Crippen LogP contribution in [0, 0.1) is 6.92 Å². The number of pyridine rings is 1. The number of anilines is 1. The predicted octanol–water partition coefficient (Wildman–Crippen LogP) is 0.128. The van der Waals surface area contributed by atoms with Crippen LogP contribution in [0.3, 0.4) is 0 Å². The molecule has 4 heterocycles. The quantitative estimate of drug-likeness (QED) is 0.528. The molecule has 0 fully saturated rings. The summed E-state index contributed by atoms with van der Waals surface area (Å²) in [5.41, 5.74) is 3.22. The highest BCUT2D eigenvalue weighted by Crippen LogP contribution is 2.08. The maximum absolute atomic E-state index is 12.5. The Bertz CT molecular complexity index is 1160. The summed E-state index contributed by atoms with van der Waals surface area (Å²) < 4.78 is 2.69. The van der Waals surface area contributed by atoms with Crippen LogP contribution < -0.4 is 16.5 Å². The van der Waals surface area contributed by atoms with Crippen molar-refractivity contribution in [2.75, 3.05) is 5.43 Å². The molecule has 0 amide bonds. The van der Waals surface area contributed by atoms with Crippen LogP contribution in [0.15, 0.2) is 40.4 Å². The van der Waals surface area contributed by atoms with Gasteiger partial charge in [0.05, 0.1) is 10.9 Å². The van der Waals surface area contributed by atoms with E-state index in [1.54, 1.807) is 13.0 Å². The number of hydrogen-bond donors (Lipinski definition) is 2. The van der Waals surface area contributed by atoms with E-state index in [-0.39, 0.29) is 29.5 Å². The first-order chi connectivity index (χ1) is 11.1. The molecule has 0 bridgehead atoms.